The molecule has 19 heavy (non-hydrogen) atoms. The van der Waals surface area contributed by atoms with E-state index >= 15 is 0 Å². The molecule has 0 spiro atoms. The van der Waals surface area contributed by atoms with E-state index < -0.39 is 0 Å². The van der Waals surface area contributed by atoms with Crippen LogP contribution in [0.3, 0.4) is 0 Å². The second kappa shape index (κ2) is 6.45. The molecule has 5 nitrogen and oxygen atoms in total. The van der Waals surface area contributed by atoms with E-state index in [0.717, 1.165) is 12.1 Å². The van der Waals surface area contributed by atoms with Crippen LogP contribution in [0.4, 0.5) is 5.69 Å². The molecule has 0 aliphatic rings. The Labute approximate surface area is 122 Å². The molecule has 6 heteroatoms. The van der Waals surface area contributed by atoms with Gasteiger partial charge in [-0.1, -0.05) is 6.07 Å². The summed E-state index contributed by atoms with van der Waals surface area (Å²) in [6, 6.07) is 5.19. The fourth-order valence-corrected chi connectivity index (χ4v) is 1.87. The number of nitro benzene ring substituents is 1. The summed E-state index contributed by atoms with van der Waals surface area (Å²) in [4.78, 5) is 12.6. The molecule has 1 rings (SSSR count). The Kier molecular flexibility index (Phi) is 5.46. The Bertz CT molecular complexity index is 461. The first kappa shape index (κ1) is 16.1. The summed E-state index contributed by atoms with van der Waals surface area (Å²) >= 11 is 3.18. The van der Waals surface area contributed by atoms with Crippen LogP contribution in [0.2, 0.25) is 0 Å². The lowest BCUT2D eigenvalue weighted by Gasteiger charge is -2.32. The van der Waals surface area contributed by atoms with Crippen LogP contribution >= 0.6 is 15.9 Å². The number of nitrogens with zero attached hydrogens (tertiary/aromatic N) is 2. The van der Waals surface area contributed by atoms with E-state index in [2.05, 4.69) is 40.0 Å². The molecular weight excluding hydrogens is 310 g/mol. The minimum absolute atomic E-state index is 0.0430. The molecule has 0 aliphatic heterocycles. The number of hydrogen-bond donors (Lipinski definition) is 1. The number of likely N-dealkylation sites (N-methyl/N-ethyl adjacent to an activating group) is 1. The van der Waals surface area contributed by atoms with Gasteiger partial charge in [-0.2, -0.15) is 0 Å². The molecule has 0 heterocycles. The van der Waals surface area contributed by atoms with Gasteiger partial charge in [0.05, 0.1) is 9.40 Å². The van der Waals surface area contributed by atoms with Crippen LogP contribution in [0.1, 0.15) is 19.4 Å². The van der Waals surface area contributed by atoms with Crippen molar-refractivity contribution in [2.75, 3.05) is 20.6 Å². The minimum Gasteiger partial charge on any atom is -0.311 e. The van der Waals surface area contributed by atoms with Gasteiger partial charge in [-0.25, -0.2) is 0 Å². The van der Waals surface area contributed by atoms with Gasteiger partial charge in [0.15, 0.2) is 0 Å². The molecule has 0 bridgehead atoms. The van der Waals surface area contributed by atoms with Crippen molar-refractivity contribution in [3.63, 3.8) is 0 Å². The van der Waals surface area contributed by atoms with Crippen LogP contribution in [-0.4, -0.2) is 36.0 Å². The quantitative estimate of drug-likeness (QED) is 0.644. The lowest BCUT2D eigenvalue weighted by molar-refractivity contribution is -0.385. The van der Waals surface area contributed by atoms with Crippen molar-refractivity contribution in [3.05, 3.63) is 38.3 Å². The van der Waals surface area contributed by atoms with Crippen molar-refractivity contribution in [2.45, 2.75) is 25.9 Å². The summed E-state index contributed by atoms with van der Waals surface area (Å²) in [5, 5.41) is 14.2. The molecule has 0 radical (unpaired) electrons. The SMILES string of the molecule is CN(C)C(C)(C)CNCc1ccc(Br)c([N+](=O)[O-])c1. The van der Waals surface area contributed by atoms with Crippen molar-refractivity contribution < 1.29 is 4.92 Å². The van der Waals surface area contributed by atoms with Crippen LogP contribution in [0.25, 0.3) is 0 Å². The van der Waals surface area contributed by atoms with Crippen LogP contribution < -0.4 is 5.32 Å². The third-order valence-electron chi connectivity index (χ3n) is 3.30. The summed E-state index contributed by atoms with van der Waals surface area (Å²) < 4.78 is 0.509. The molecule has 1 N–H and O–H groups in total. The molecule has 0 fully saturated rings. The Balaban J connectivity index is 2.64. The zero-order valence-electron chi connectivity index (χ0n) is 11.7. The van der Waals surface area contributed by atoms with E-state index in [9.17, 15) is 10.1 Å². The second-order valence-corrected chi connectivity index (χ2v) is 6.21. The van der Waals surface area contributed by atoms with Crippen molar-refractivity contribution in [3.8, 4) is 0 Å². The van der Waals surface area contributed by atoms with Crippen molar-refractivity contribution in [2.24, 2.45) is 0 Å². The van der Waals surface area contributed by atoms with Gasteiger partial charge in [0.1, 0.15) is 0 Å². The van der Waals surface area contributed by atoms with E-state index in [4.69, 9.17) is 0 Å². The minimum atomic E-state index is -0.378. The third-order valence-corrected chi connectivity index (χ3v) is 3.98. The molecule has 0 unspecified atom stereocenters. The summed E-state index contributed by atoms with van der Waals surface area (Å²) in [7, 11) is 4.07. The van der Waals surface area contributed by atoms with E-state index in [-0.39, 0.29) is 16.1 Å². The first-order valence-electron chi connectivity index (χ1n) is 6.05. The van der Waals surface area contributed by atoms with Crippen molar-refractivity contribution in [1.29, 1.82) is 0 Å². The molecule has 1 aromatic rings. The molecule has 106 valence electrons. The highest BCUT2D eigenvalue weighted by Gasteiger charge is 2.19. The number of halogens is 1. The maximum absolute atomic E-state index is 10.8. The van der Waals surface area contributed by atoms with Gasteiger partial charge in [-0.05, 0) is 55.5 Å². The summed E-state index contributed by atoms with van der Waals surface area (Å²) in [6.45, 7) is 5.71. The average Bonchev–Trinajstić information content (AvgIpc) is 2.30. The smallest absolute Gasteiger partial charge is 0.283 e. The topological polar surface area (TPSA) is 58.4 Å². The molecule has 0 atom stereocenters. The van der Waals surface area contributed by atoms with Gasteiger partial charge >= 0.3 is 0 Å². The van der Waals surface area contributed by atoms with Gasteiger partial charge in [0, 0.05) is 24.7 Å². The monoisotopic (exact) mass is 329 g/mol. The molecule has 0 aromatic heterocycles. The van der Waals surface area contributed by atoms with E-state index in [1.54, 1.807) is 12.1 Å². The largest absolute Gasteiger partial charge is 0.311 e. The van der Waals surface area contributed by atoms with E-state index in [1.165, 1.54) is 0 Å². The van der Waals surface area contributed by atoms with Gasteiger partial charge in [0.2, 0.25) is 0 Å². The highest BCUT2D eigenvalue weighted by molar-refractivity contribution is 9.10. The molecule has 0 saturated carbocycles. The second-order valence-electron chi connectivity index (χ2n) is 5.35. The zero-order chi connectivity index (χ0) is 14.6. The number of nitrogens with one attached hydrogen (secondary N) is 1. The number of benzene rings is 1. The average molecular weight is 330 g/mol. The van der Waals surface area contributed by atoms with Crippen LogP contribution in [0, 0.1) is 10.1 Å². The normalized spacial score (nSPS) is 11.9. The molecule has 1 aromatic carbocycles. The van der Waals surface area contributed by atoms with Gasteiger partial charge in [-0.15, -0.1) is 0 Å². The fraction of sp³-hybridized carbons (Fsp3) is 0.538. The van der Waals surface area contributed by atoms with Gasteiger partial charge in [0.25, 0.3) is 5.69 Å². The van der Waals surface area contributed by atoms with Crippen LogP contribution in [0.5, 0.6) is 0 Å². The zero-order valence-corrected chi connectivity index (χ0v) is 13.3. The Morgan fingerprint density at radius 2 is 2.05 bits per heavy atom. The third kappa shape index (κ3) is 4.56. The van der Waals surface area contributed by atoms with Crippen molar-refractivity contribution in [1.82, 2.24) is 10.2 Å². The Morgan fingerprint density at radius 3 is 2.58 bits per heavy atom. The number of hydrogen-bond acceptors (Lipinski definition) is 4. The summed E-state index contributed by atoms with van der Waals surface area (Å²) in [5.74, 6) is 0. The van der Waals surface area contributed by atoms with Gasteiger partial charge in [-0.3, -0.25) is 10.1 Å². The van der Waals surface area contributed by atoms with Crippen molar-refractivity contribution >= 4 is 21.6 Å². The van der Waals surface area contributed by atoms with Crippen LogP contribution in [-0.2, 0) is 6.54 Å². The Hall–Kier alpha value is -0.980. The maximum atomic E-state index is 10.8. The molecule has 0 aliphatic carbocycles. The molecular formula is C13H20BrN3O2. The van der Waals surface area contributed by atoms with Gasteiger partial charge < -0.3 is 10.2 Å². The lowest BCUT2D eigenvalue weighted by Crippen LogP contribution is -2.46. The Morgan fingerprint density at radius 1 is 1.42 bits per heavy atom. The number of rotatable bonds is 6. The van der Waals surface area contributed by atoms with E-state index in [0.29, 0.717) is 11.0 Å². The van der Waals surface area contributed by atoms with E-state index in [1.807, 2.05) is 20.2 Å². The highest BCUT2D eigenvalue weighted by Crippen LogP contribution is 2.25. The first-order valence-corrected chi connectivity index (χ1v) is 6.84. The highest BCUT2D eigenvalue weighted by atomic mass is 79.9. The summed E-state index contributed by atoms with van der Waals surface area (Å²) in [6.07, 6.45) is 0. The molecule has 0 amide bonds. The maximum Gasteiger partial charge on any atom is 0.283 e. The van der Waals surface area contributed by atoms with Crippen LogP contribution in [0.15, 0.2) is 22.7 Å². The predicted molar refractivity (Wildman–Crippen MR) is 80.3 cm³/mol. The standard InChI is InChI=1S/C13H20BrN3O2/c1-13(2,16(3)4)9-15-8-10-5-6-11(14)12(7-10)17(18)19/h5-7,15H,8-9H2,1-4H3. The predicted octanol–water partition coefficient (Wildman–Crippen LogP) is 2.79. The number of nitro groups is 1. The lowest BCUT2D eigenvalue weighted by atomic mass is 10.0. The molecule has 0 saturated heterocycles. The summed E-state index contributed by atoms with van der Waals surface area (Å²) in [5.41, 5.74) is 1.05. The fourth-order valence-electron chi connectivity index (χ4n) is 1.48. The first-order chi connectivity index (χ1) is 8.74.